The number of halogens is 1. The zero-order valence-corrected chi connectivity index (χ0v) is 14.7. The lowest BCUT2D eigenvalue weighted by Gasteiger charge is -2.33. The maximum absolute atomic E-state index is 5.79. The lowest BCUT2D eigenvalue weighted by atomic mass is 10.0. The maximum atomic E-state index is 5.79. The average Bonchev–Trinajstić information content (AvgIpc) is 2.94. The van der Waals surface area contributed by atoms with E-state index in [4.69, 9.17) is 11.6 Å². The Morgan fingerprint density at radius 2 is 2.12 bits per heavy atom. The highest BCUT2D eigenvalue weighted by atomic mass is 35.5. The van der Waals surface area contributed by atoms with Crippen molar-refractivity contribution in [3.8, 4) is 0 Å². The Morgan fingerprint density at radius 3 is 2.79 bits per heavy atom. The van der Waals surface area contributed by atoms with Crippen molar-refractivity contribution in [2.75, 3.05) is 18.0 Å². The zero-order valence-electron chi connectivity index (χ0n) is 14.0. The summed E-state index contributed by atoms with van der Waals surface area (Å²) in [6.07, 6.45) is 6.13. The SMILES string of the molecule is C=CCn1cc(CNC2CCN(c3ccc(Cl)nn3)CC2)c(C)n1. The van der Waals surface area contributed by atoms with Gasteiger partial charge < -0.3 is 10.2 Å². The molecule has 0 saturated carbocycles. The van der Waals surface area contributed by atoms with E-state index in [0.29, 0.717) is 11.2 Å². The van der Waals surface area contributed by atoms with Gasteiger partial charge in [0, 0.05) is 37.4 Å². The molecule has 0 atom stereocenters. The van der Waals surface area contributed by atoms with Crippen molar-refractivity contribution in [3.05, 3.63) is 47.4 Å². The molecule has 128 valence electrons. The molecule has 1 saturated heterocycles. The number of hydrogen-bond donors (Lipinski definition) is 1. The summed E-state index contributed by atoms with van der Waals surface area (Å²) in [4.78, 5) is 2.26. The van der Waals surface area contributed by atoms with Crippen LogP contribution in [-0.2, 0) is 13.1 Å². The Bertz CT molecular complexity index is 673. The molecule has 7 heteroatoms. The third-order valence-corrected chi connectivity index (χ3v) is 4.58. The molecule has 0 bridgehead atoms. The van der Waals surface area contributed by atoms with Gasteiger partial charge in [0.05, 0.1) is 12.2 Å². The van der Waals surface area contributed by atoms with Crippen LogP contribution < -0.4 is 10.2 Å². The number of aromatic nitrogens is 4. The van der Waals surface area contributed by atoms with E-state index in [9.17, 15) is 0 Å². The fourth-order valence-electron chi connectivity index (χ4n) is 3.00. The van der Waals surface area contributed by atoms with Gasteiger partial charge in [-0.3, -0.25) is 4.68 Å². The number of aryl methyl sites for hydroxylation is 1. The quantitative estimate of drug-likeness (QED) is 0.815. The normalized spacial score (nSPS) is 15.7. The van der Waals surface area contributed by atoms with Crippen molar-refractivity contribution < 1.29 is 0 Å². The summed E-state index contributed by atoms with van der Waals surface area (Å²) in [5.74, 6) is 0.902. The molecule has 24 heavy (non-hydrogen) atoms. The van der Waals surface area contributed by atoms with E-state index < -0.39 is 0 Å². The Kier molecular flexibility index (Phi) is 5.48. The van der Waals surface area contributed by atoms with Gasteiger partial charge >= 0.3 is 0 Å². The second kappa shape index (κ2) is 7.77. The van der Waals surface area contributed by atoms with Crippen molar-refractivity contribution in [2.24, 2.45) is 0 Å². The Balaban J connectivity index is 1.49. The van der Waals surface area contributed by atoms with E-state index in [2.05, 4.69) is 45.2 Å². The number of rotatable bonds is 6. The van der Waals surface area contributed by atoms with Crippen molar-refractivity contribution in [3.63, 3.8) is 0 Å². The molecule has 3 rings (SSSR count). The van der Waals surface area contributed by atoms with Gasteiger partial charge in [-0.1, -0.05) is 17.7 Å². The molecule has 0 spiro atoms. The van der Waals surface area contributed by atoms with Crippen LogP contribution in [0.4, 0.5) is 5.82 Å². The number of nitrogens with one attached hydrogen (secondary N) is 1. The lowest BCUT2D eigenvalue weighted by Crippen LogP contribution is -2.42. The molecule has 1 N–H and O–H groups in total. The fraction of sp³-hybridized carbons (Fsp3) is 0.471. The van der Waals surface area contributed by atoms with Gasteiger partial charge in [0.2, 0.25) is 0 Å². The molecular weight excluding hydrogens is 324 g/mol. The minimum absolute atomic E-state index is 0.433. The molecule has 1 fully saturated rings. The molecule has 0 radical (unpaired) electrons. The monoisotopic (exact) mass is 346 g/mol. The van der Waals surface area contributed by atoms with Crippen molar-refractivity contribution >= 4 is 17.4 Å². The molecule has 1 aliphatic rings. The van der Waals surface area contributed by atoms with E-state index in [1.54, 1.807) is 6.07 Å². The Labute approximate surface area is 147 Å². The summed E-state index contributed by atoms with van der Waals surface area (Å²) in [5.41, 5.74) is 2.33. The molecule has 0 unspecified atom stereocenters. The van der Waals surface area contributed by atoms with E-state index in [-0.39, 0.29) is 0 Å². The standard InChI is InChI=1S/C17H23ClN6/c1-3-8-24-12-14(13(2)22-24)11-19-15-6-9-23(10-7-15)17-5-4-16(18)20-21-17/h3-5,12,15,19H,1,6-11H2,2H3. The predicted octanol–water partition coefficient (Wildman–Crippen LogP) is 2.58. The highest BCUT2D eigenvalue weighted by Crippen LogP contribution is 2.18. The first-order chi connectivity index (χ1) is 11.7. The number of hydrogen-bond acceptors (Lipinski definition) is 5. The van der Waals surface area contributed by atoms with Crippen LogP contribution in [0.1, 0.15) is 24.1 Å². The van der Waals surface area contributed by atoms with Crippen molar-refractivity contribution in [1.82, 2.24) is 25.3 Å². The van der Waals surface area contributed by atoms with E-state index >= 15 is 0 Å². The van der Waals surface area contributed by atoms with Gasteiger partial charge in [-0.25, -0.2) is 0 Å². The largest absolute Gasteiger partial charge is 0.355 e. The van der Waals surface area contributed by atoms with Crippen molar-refractivity contribution in [1.29, 1.82) is 0 Å². The summed E-state index contributed by atoms with van der Waals surface area (Å²) >= 11 is 5.79. The third-order valence-electron chi connectivity index (χ3n) is 4.38. The lowest BCUT2D eigenvalue weighted by molar-refractivity contribution is 0.412. The minimum Gasteiger partial charge on any atom is -0.355 e. The summed E-state index contributed by atoms with van der Waals surface area (Å²) in [6.45, 7) is 9.36. The van der Waals surface area contributed by atoms with E-state index in [0.717, 1.165) is 50.5 Å². The van der Waals surface area contributed by atoms with Gasteiger partial charge in [0.25, 0.3) is 0 Å². The highest BCUT2D eigenvalue weighted by molar-refractivity contribution is 6.29. The van der Waals surface area contributed by atoms with Gasteiger partial charge in [-0.2, -0.15) is 5.10 Å². The third kappa shape index (κ3) is 4.13. The molecular formula is C17H23ClN6. The van der Waals surface area contributed by atoms with Gasteiger partial charge in [-0.15, -0.1) is 16.8 Å². The molecule has 6 nitrogen and oxygen atoms in total. The second-order valence-electron chi connectivity index (χ2n) is 6.11. The van der Waals surface area contributed by atoms with Crippen LogP contribution in [0, 0.1) is 6.92 Å². The van der Waals surface area contributed by atoms with Gasteiger partial charge in [0.1, 0.15) is 0 Å². The zero-order chi connectivity index (χ0) is 16.9. The van der Waals surface area contributed by atoms with Gasteiger partial charge in [-0.05, 0) is 31.9 Å². The summed E-state index contributed by atoms with van der Waals surface area (Å²) in [7, 11) is 0. The average molecular weight is 347 g/mol. The molecule has 3 heterocycles. The number of anilines is 1. The fourth-order valence-corrected chi connectivity index (χ4v) is 3.10. The topological polar surface area (TPSA) is 58.9 Å². The number of allylic oxidation sites excluding steroid dienone is 1. The first-order valence-corrected chi connectivity index (χ1v) is 8.65. The van der Waals surface area contributed by atoms with Crippen LogP contribution in [0.3, 0.4) is 0 Å². The molecule has 0 aliphatic carbocycles. The van der Waals surface area contributed by atoms with Crippen LogP contribution >= 0.6 is 11.6 Å². The van der Waals surface area contributed by atoms with E-state index in [1.165, 1.54) is 5.56 Å². The smallest absolute Gasteiger partial charge is 0.151 e. The van der Waals surface area contributed by atoms with Crippen molar-refractivity contribution in [2.45, 2.75) is 38.9 Å². The summed E-state index contributed by atoms with van der Waals surface area (Å²) < 4.78 is 1.93. The Hall–Kier alpha value is -1.92. The predicted molar refractivity (Wildman–Crippen MR) is 96.3 cm³/mol. The van der Waals surface area contributed by atoms with Crippen LogP contribution in [0.5, 0.6) is 0 Å². The first-order valence-electron chi connectivity index (χ1n) is 8.27. The molecule has 0 aromatic carbocycles. The summed E-state index contributed by atoms with van der Waals surface area (Å²) in [5, 5.41) is 16.7. The molecule has 2 aromatic rings. The first kappa shape index (κ1) is 16.9. The number of nitrogens with zero attached hydrogens (tertiary/aromatic N) is 5. The molecule has 0 amide bonds. The number of piperidine rings is 1. The highest BCUT2D eigenvalue weighted by Gasteiger charge is 2.20. The second-order valence-corrected chi connectivity index (χ2v) is 6.49. The maximum Gasteiger partial charge on any atom is 0.151 e. The van der Waals surface area contributed by atoms with Crippen LogP contribution in [-0.4, -0.2) is 39.1 Å². The summed E-state index contributed by atoms with van der Waals surface area (Å²) in [6, 6.07) is 4.24. The molecule has 2 aromatic heterocycles. The Morgan fingerprint density at radius 1 is 1.33 bits per heavy atom. The van der Waals surface area contributed by atoms with Crippen LogP contribution in [0.15, 0.2) is 31.0 Å². The van der Waals surface area contributed by atoms with Crippen LogP contribution in [0.25, 0.3) is 0 Å². The minimum atomic E-state index is 0.433. The van der Waals surface area contributed by atoms with Gasteiger partial charge in [0.15, 0.2) is 11.0 Å². The van der Waals surface area contributed by atoms with E-state index in [1.807, 2.05) is 16.8 Å². The molecule has 1 aliphatic heterocycles. The van der Waals surface area contributed by atoms with Crippen LogP contribution in [0.2, 0.25) is 5.15 Å².